The van der Waals surface area contributed by atoms with Gasteiger partial charge in [-0.15, -0.1) is 0 Å². The van der Waals surface area contributed by atoms with Crippen LogP contribution in [0.5, 0.6) is 0 Å². The van der Waals surface area contributed by atoms with Gasteiger partial charge in [-0.3, -0.25) is 0 Å². The van der Waals surface area contributed by atoms with Crippen LogP contribution in [-0.4, -0.2) is 49.5 Å². The number of aryl methyl sites for hydroxylation is 2. The highest BCUT2D eigenvalue weighted by Crippen LogP contribution is 2.22. The number of benzene rings is 1. The first-order chi connectivity index (χ1) is 11.4. The molecule has 0 amide bonds. The first kappa shape index (κ1) is 17.4. The van der Waals surface area contributed by atoms with Crippen LogP contribution in [0.1, 0.15) is 18.1 Å². The van der Waals surface area contributed by atoms with Crippen LogP contribution in [0.4, 0.5) is 0 Å². The SMILES string of the molecule is Cc1ccc2c(c1)c(CCNS(=O)(=O)N1CCNC(C)C1)cn2C. The normalized spacial score (nSPS) is 19.9. The molecule has 1 aromatic carbocycles. The van der Waals surface area contributed by atoms with Crippen LogP contribution in [0.15, 0.2) is 24.4 Å². The maximum Gasteiger partial charge on any atom is 0.279 e. The fourth-order valence-corrected chi connectivity index (χ4v) is 4.60. The number of hydrogen-bond acceptors (Lipinski definition) is 3. The van der Waals surface area contributed by atoms with Crippen LogP contribution in [0.2, 0.25) is 0 Å². The Morgan fingerprint density at radius 3 is 2.92 bits per heavy atom. The molecule has 0 aliphatic carbocycles. The topological polar surface area (TPSA) is 66.4 Å². The standard InChI is InChI=1S/C17H26N4O2S/c1-13-4-5-17-16(10-13)15(12-20(17)3)6-7-19-24(22,23)21-9-8-18-14(2)11-21/h4-5,10,12,14,18-19H,6-9,11H2,1-3H3. The highest BCUT2D eigenvalue weighted by atomic mass is 32.2. The van der Waals surface area contributed by atoms with E-state index in [0.29, 0.717) is 32.6 Å². The van der Waals surface area contributed by atoms with E-state index in [0.717, 1.165) is 0 Å². The van der Waals surface area contributed by atoms with E-state index < -0.39 is 10.2 Å². The summed E-state index contributed by atoms with van der Waals surface area (Å²) in [6.07, 6.45) is 2.77. The molecule has 7 heteroatoms. The quantitative estimate of drug-likeness (QED) is 0.850. The number of piperazine rings is 1. The molecule has 1 aliphatic heterocycles. The molecule has 2 N–H and O–H groups in total. The van der Waals surface area contributed by atoms with Gasteiger partial charge in [-0.05, 0) is 38.0 Å². The molecule has 0 radical (unpaired) electrons. The number of hydrogen-bond donors (Lipinski definition) is 2. The van der Waals surface area contributed by atoms with E-state index in [2.05, 4.69) is 45.9 Å². The van der Waals surface area contributed by atoms with E-state index in [9.17, 15) is 8.42 Å². The van der Waals surface area contributed by atoms with Crippen LogP contribution in [0.25, 0.3) is 10.9 Å². The molecule has 1 unspecified atom stereocenters. The number of aromatic nitrogens is 1. The average Bonchev–Trinajstić information content (AvgIpc) is 2.83. The second kappa shape index (κ2) is 6.84. The van der Waals surface area contributed by atoms with Gasteiger partial charge < -0.3 is 9.88 Å². The van der Waals surface area contributed by atoms with E-state index in [1.54, 1.807) is 0 Å². The Bertz CT molecular complexity index is 828. The molecule has 132 valence electrons. The van der Waals surface area contributed by atoms with Gasteiger partial charge in [-0.1, -0.05) is 11.6 Å². The Balaban J connectivity index is 1.67. The highest BCUT2D eigenvalue weighted by molar-refractivity contribution is 7.87. The molecule has 3 rings (SSSR count). The van der Waals surface area contributed by atoms with Crippen molar-refractivity contribution in [3.63, 3.8) is 0 Å². The first-order valence-electron chi connectivity index (χ1n) is 8.39. The van der Waals surface area contributed by atoms with Gasteiger partial charge in [0.15, 0.2) is 0 Å². The smallest absolute Gasteiger partial charge is 0.279 e. The zero-order chi connectivity index (χ0) is 17.3. The Morgan fingerprint density at radius 1 is 1.38 bits per heavy atom. The molecule has 1 saturated heterocycles. The van der Waals surface area contributed by atoms with Crippen LogP contribution < -0.4 is 10.0 Å². The third kappa shape index (κ3) is 3.64. The molecular formula is C17H26N4O2S. The van der Waals surface area contributed by atoms with Gasteiger partial charge in [0.1, 0.15) is 0 Å². The molecule has 2 heterocycles. The van der Waals surface area contributed by atoms with Crippen molar-refractivity contribution in [2.45, 2.75) is 26.3 Å². The lowest BCUT2D eigenvalue weighted by molar-refractivity contribution is 0.306. The molecule has 0 bridgehead atoms. The molecule has 24 heavy (non-hydrogen) atoms. The van der Waals surface area contributed by atoms with Crippen LogP contribution in [0.3, 0.4) is 0 Å². The zero-order valence-electron chi connectivity index (χ0n) is 14.5. The highest BCUT2D eigenvalue weighted by Gasteiger charge is 2.26. The van der Waals surface area contributed by atoms with E-state index in [1.165, 1.54) is 26.3 Å². The molecule has 1 aromatic heterocycles. The second-order valence-corrected chi connectivity index (χ2v) is 8.40. The van der Waals surface area contributed by atoms with Crippen molar-refractivity contribution in [3.05, 3.63) is 35.5 Å². The van der Waals surface area contributed by atoms with E-state index in [1.807, 2.05) is 14.0 Å². The third-order valence-electron chi connectivity index (χ3n) is 4.58. The number of nitrogens with one attached hydrogen (secondary N) is 2. The van der Waals surface area contributed by atoms with Crippen molar-refractivity contribution in [2.75, 3.05) is 26.2 Å². The average molecular weight is 350 g/mol. The minimum absolute atomic E-state index is 0.191. The van der Waals surface area contributed by atoms with E-state index in [-0.39, 0.29) is 6.04 Å². The lowest BCUT2D eigenvalue weighted by Gasteiger charge is -2.30. The lowest BCUT2D eigenvalue weighted by atomic mass is 10.1. The number of rotatable bonds is 5. The van der Waals surface area contributed by atoms with Gasteiger partial charge in [0.25, 0.3) is 10.2 Å². The number of fused-ring (bicyclic) bond motifs is 1. The Labute approximate surface area is 144 Å². The van der Waals surface area contributed by atoms with E-state index in [4.69, 9.17) is 0 Å². The summed E-state index contributed by atoms with van der Waals surface area (Å²) in [7, 11) is -1.38. The molecule has 0 saturated carbocycles. The largest absolute Gasteiger partial charge is 0.350 e. The molecule has 1 atom stereocenters. The fourth-order valence-electron chi connectivity index (χ4n) is 3.31. The zero-order valence-corrected chi connectivity index (χ0v) is 15.4. The molecule has 0 spiro atoms. The maximum atomic E-state index is 12.4. The monoisotopic (exact) mass is 350 g/mol. The summed E-state index contributed by atoms with van der Waals surface area (Å²) in [5, 5.41) is 4.46. The summed E-state index contributed by atoms with van der Waals surface area (Å²) < 4.78 is 31.2. The summed E-state index contributed by atoms with van der Waals surface area (Å²) in [5.74, 6) is 0. The molecule has 1 aliphatic rings. The minimum atomic E-state index is -3.40. The Hall–Kier alpha value is -1.41. The fraction of sp³-hybridized carbons (Fsp3) is 0.529. The number of nitrogens with zero attached hydrogens (tertiary/aromatic N) is 2. The van der Waals surface area contributed by atoms with Gasteiger partial charge in [-0.25, -0.2) is 4.72 Å². The minimum Gasteiger partial charge on any atom is -0.350 e. The summed E-state index contributed by atoms with van der Waals surface area (Å²) >= 11 is 0. The van der Waals surface area contributed by atoms with Crippen LogP contribution in [-0.2, 0) is 23.7 Å². The van der Waals surface area contributed by atoms with Crippen LogP contribution in [0, 0.1) is 6.92 Å². The lowest BCUT2D eigenvalue weighted by Crippen LogP contribution is -2.54. The maximum absolute atomic E-state index is 12.4. The van der Waals surface area contributed by atoms with Crippen molar-refractivity contribution in [2.24, 2.45) is 7.05 Å². The van der Waals surface area contributed by atoms with Crippen LogP contribution >= 0.6 is 0 Å². The van der Waals surface area contributed by atoms with Crippen molar-refractivity contribution < 1.29 is 8.42 Å². The van der Waals surface area contributed by atoms with Gasteiger partial charge in [-0.2, -0.15) is 12.7 Å². The van der Waals surface area contributed by atoms with Gasteiger partial charge in [0.05, 0.1) is 0 Å². The third-order valence-corrected chi connectivity index (χ3v) is 6.16. The molecule has 6 nitrogen and oxygen atoms in total. The first-order valence-corrected chi connectivity index (χ1v) is 9.83. The van der Waals surface area contributed by atoms with Gasteiger partial charge in [0, 0.05) is 56.4 Å². The molecule has 1 fully saturated rings. The van der Waals surface area contributed by atoms with Crippen molar-refractivity contribution in [1.82, 2.24) is 18.9 Å². The summed E-state index contributed by atoms with van der Waals surface area (Å²) in [4.78, 5) is 0. The summed E-state index contributed by atoms with van der Waals surface area (Å²) in [6, 6.07) is 6.56. The molecular weight excluding hydrogens is 324 g/mol. The Kier molecular flexibility index (Phi) is 4.96. The predicted octanol–water partition coefficient (Wildman–Crippen LogP) is 1.16. The van der Waals surface area contributed by atoms with Crippen molar-refractivity contribution in [1.29, 1.82) is 0 Å². The summed E-state index contributed by atoms with van der Waals surface area (Å²) in [5.41, 5.74) is 3.56. The van der Waals surface area contributed by atoms with Gasteiger partial charge in [0.2, 0.25) is 0 Å². The van der Waals surface area contributed by atoms with E-state index >= 15 is 0 Å². The van der Waals surface area contributed by atoms with Crippen molar-refractivity contribution >= 4 is 21.1 Å². The Morgan fingerprint density at radius 2 is 2.17 bits per heavy atom. The second-order valence-electron chi connectivity index (χ2n) is 6.65. The molecule has 2 aromatic rings. The summed E-state index contributed by atoms with van der Waals surface area (Å²) in [6.45, 7) is 6.22. The predicted molar refractivity (Wildman–Crippen MR) is 97.3 cm³/mol. The van der Waals surface area contributed by atoms with Gasteiger partial charge >= 0.3 is 0 Å². The van der Waals surface area contributed by atoms with Crippen molar-refractivity contribution in [3.8, 4) is 0 Å².